The summed E-state index contributed by atoms with van der Waals surface area (Å²) in [6.45, 7) is 5.79. The Kier molecular flexibility index (Phi) is 3.77. The molecule has 0 bridgehead atoms. The molecule has 1 aromatic carbocycles. The lowest BCUT2D eigenvalue weighted by atomic mass is 10.2. The number of hydrogen-bond acceptors (Lipinski definition) is 4. The maximum absolute atomic E-state index is 12.0. The van der Waals surface area contributed by atoms with Crippen LogP contribution >= 0.6 is 11.8 Å². The maximum atomic E-state index is 12.0. The van der Waals surface area contributed by atoms with Gasteiger partial charge in [-0.2, -0.15) is 0 Å². The van der Waals surface area contributed by atoms with Crippen LogP contribution < -0.4 is 0 Å². The van der Waals surface area contributed by atoms with E-state index >= 15 is 0 Å². The third-order valence-electron chi connectivity index (χ3n) is 2.43. The lowest BCUT2D eigenvalue weighted by molar-refractivity contribution is 0.108. The van der Waals surface area contributed by atoms with Crippen LogP contribution in [0.4, 0.5) is 0 Å². The molecule has 0 atom stereocenters. The number of hydrogen-bond donors (Lipinski definition) is 0. The van der Waals surface area contributed by atoms with Crippen molar-refractivity contribution in [3.05, 3.63) is 52.8 Å². The molecule has 1 aromatic heterocycles. The van der Waals surface area contributed by atoms with Crippen molar-refractivity contribution in [2.75, 3.05) is 0 Å². The summed E-state index contributed by atoms with van der Waals surface area (Å²) in [5, 5.41) is 0.484. The Bertz CT molecular complexity index is 559. The number of aromatic nitrogens is 2. The summed E-state index contributed by atoms with van der Waals surface area (Å²) in [5.74, 6) is 0. The summed E-state index contributed by atoms with van der Waals surface area (Å²) >= 11 is 1.07. The third kappa shape index (κ3) is 3.17. The van der Waals surface area contributed by atoms with Crippen LogP contribution in [-0.2, 0) is 0 Å². The number of carbonyl (C=O) groups excluding carboxylic acids is 1. The van der Waals surface area contributed by atoms with Gasteiger partial charge in [0.2, 0.25) is 5.12 Å². The number of nitrogens with zero attached hydrogens (tertiary/aromatic N) is 2. The van der Waals surface area contributed by atoms with Gasteiger partial charge < -0.3 is 0 Å². The standard InChI is InChI=1S/C14H14N2OS/c1-9-4-6-12(7-5-9)13(17)18-14-15-10(2)8-11(3)16-14/h4-8H,1-3H3. The molecular formula is C14H14N2OS. The van der Waals surface area contributed by atoms with E-state index in [-0.39, 0.29) is 5.12 Å². The predicted octanol–water partition coefficient (Wildman–Crippen LogP) is 3.33. The summed E-state index contributed by atoms with van der Waals surface area (Å²) in [4.78, 5) is 20.5. The summed E-state index contributed by atoms with van der Waals surface area (Å²) in [5.41, 5.74) is 3.57. The molecule has 92 valence electrons. The van der Waals surface area contributed by atoms with Crippen molar-refractivity contribution in [2.24, 2.45) is 0 Å². The zero-order chi connectivity index (χ0) is 13.1. The Labute approximate surface area is 111 Å². The van der Waals surface area contributed by atoms with Gasteiger partial charge in [-0.25, -0.2) is 9.97 Å². The molecule has 0 aliphatic carbocycles. The molecule has 0 amide bonds. The van der Waals surface area contributed by atoms with Gasteiger partial charge in [-0.1, -0.05) is 29.8 Å². The number of rotatable bonds is 2. The van der Waals surface area contributed by atoms with Crippen LogP contribution in [0.25, 0.3) is 0 Å². The summed E-state index contributed by atoms with van der Waals surface area (Å²) < 4.78 is 0. The minimum Gasteiger partial charge on any atom is -0.281 e. The van der Waals surface area contributed by atoms with Crippen molar-refractivity contribution in [3.63, 3.8) is 0 Å². The van der Waals surface area contributed by atoms with Crippen molar-refractivity contribution in [2.45, 2.75) is 25.9 Å². The smallest absolute Gasteiger partial charge is 0.227 e. The lowest BCUT2D eigenvalue weighted by Crippen LogP contribution is -1.98. The Hall–Kier alpha value is -1.68. The first-order chi connectivity index (χ1) is 8.54. The van der Waals surface area contributed by atoms with E-state index in [1.54, 1.807) is 0 Å². The molecule has 2 aromatic rings. The number of aryl methyl sites for hydroxylation is 3. The second-order valence-electron chi connectivity index (χ2n) is 4.19. The molecule has 0 aliphatic rings. The Morgan fingerprint density at radius 1 is 1.00 bits per heavy atom. The molecule has 0 spiro atoms. The zero-order valence-corrected chi connectivity index (χ0v) is 11.4. The topological polar surface area (TPSA) is 42.9 Å². The van der Waals surface area contributed by atoms with Gasteiger partial charge in [-0.3, -0.25) is 4.79 Å². The minimum atomic E-state index is -0.0278. The highest BCUT2D eigenvalue weighted by Crippen LogP contribution is 2.20. The highest BCUT2D eigenvalue weighted by atomic mass is 32.2. The third-order valence-corrected chi connectivity index (χ3v) is 3.22. The highest BCUT2D eigenvalue weighted by molar-refractivity contribution is 8.14. The molecule has 2 rings (SSSR count). The molecule has 0 saturated heterocycles. The minimum absolute atomic E-state index is 0.0278. The molecule has 0 N–H and O–H groups in total. The normalized spacial score (nSPS) is 10.4. The molecule has 3 nitrogen and oxygen atoms in total. The summed E-state index contributed by atoms with van der Waals surface area (Å²) in [6.07, 6.45) is 0. The quantitative estimate of drug-likeness (QED) is 0.612. The van der Waals surface area contributed by atoms with Gasteiger partial charge in [0.1, 0.15) is 0 Å². The zero-order valence-electron chi connectivity index (χ0n) is 10.6. The monoisotopic (exact) mass is 258 g/mol. The first-order valence-corrected chi connectivity index (χ1v) is 6.47. The number of benzene rings is 1. The molecule has 0 aliphatic heterocycles. The number of thioether (sulfide) groups is 1. The van der Waals surface area contributed by atoms with E-state index < -0.39 is 0 Å². The van der Waals surface area contributed by atoms with E-state index in [1.165, 1.54) is 0 Å². The van der Waals surface area contributed by atoms with Gasteiger partial charge in [0.05, 0.1) is 0 Å². The van der Waals surface area contributed by atoms with E-state index in [4.69, 9.17) is 0 Å². The second-order valence-corrected chi connectivity index (χ2v) is 5.13. The van der Waals surface area contributed by atoms with E-state index in [9.17, 15) is 4.79 Å². The average Bonchev–Trinajstić information content (AvgIpc) is 2.28. The van der Waals surface area contributed by atoms with E-state index in [0.29, 0.717) is 10.7 Å². The van der Waals surface area contributed by atoms with Crippen LogP contribution in [0.15, 0.2) is 35.5 Å². The molecule has 18 heavy (non-hydrogen) atoms. The molecule has 0 fully saturated rings. The molecule has 4 heteroatoms. The molecule has 1 heterocycles. The van der Waals surface area contributed by atoms with Crippen molar-refractivity contribution in [1.82, 2.24) is 9.97 Å². The van der Waals surface area contributed by atoms with Crippen molar-refractivity contribution < 1.29 is 4.79 Å². The second kappa shape index (κ2) is 5.31. The van der Waals surface area contributed by atoms with Crippen molar-refractivity contribution in [1.29, 1.82) is 0 Å². The van der Waals surface area contributed by atoms with Gasteiger partial charge >= 0.3 is 0 Å². The van der Waals surface area contributed by atoms with Crippen molar-refractivity contribution >= 4 is 16.9 Å². The Morgan fingerprint density at radius 3 is 2.11 bits per heavy atom. The van der Waals surface area contributed by atoms with Crippen LogP contribution in [0.3, 0.4) is 0 Å². The van der Waals surface area contributed by atoms with Gasteiger partial charge in [-0.15, -0.1) is 0 Å². The fourth-order valence-electron chi connectivity index (χ4n) is 1.57. The van der Waals surface area contributed by atoms with Gasteiger partial charge in [0.15, 0.2) is 5.16 Å². The predicted molar refractivity (Wildman–Crippen MR) is 72.9 cm³/mol. The number of carbonyl (C=O) groups is 1. The van der Waals surface area contributed by atoms with E-state index in [1.807, 2.05) is 51.1 Å². The SMILES string of the molecule is Cc1ccc(C(=O)Sc2nc(C)cc(C)n2)cc1. The van der Waals surface area contributed by atoms with E-state index in [0.717, 1.165) is 28.7 Å². The van der Waals surface area contributed by atoms with Crippen LogP contribution in [0.1, 0.15) is 27.3 Å². The van der Waals surface area contributed by atoms with Gasteiger partial charge in [0.25, 0.3) is 0 Å². The largest absolute Gasteiger partial charge is 0.281 e. The Balaban J connectivity index is 2.18. The van der Waals surface area contributed by atoms with Crippen LogP contribution in [0, 0.1) is 20.8 Å². The van der Waals surface area contributed by atoms with Crippen LogP contribution in [0.2, 0.25) is 0 Å². The first-order valence-electron chi connectivity index (χ1n) is 5.66. The van der Waals surface area contributed by atoms with Crippen molar-refractivity contribution in [3.8, 4) is 0 Å². The summed E-state index contributed by atoms with van der Waals surface area (Å²) in [7, 11) is 0. The Morgan fingerprint density at radius 2 is 1.56 bits per heavy atom. The fraction of sp³-hybridized carbons (Fsp3) is 0.214. The maximum Gasteiger partial charge on any atom is 0.227 e. The van der Waals surface area contributed by atoms with Gasteiger partial charge in [-0.05, 0) is 38.6 Å². The molecule has 0 saturated carbocycles. The fourth-order valence-corrected chi connectivity index (χ4v) is 2.37. The van der Waals surface area contributed by atoms with Crippen LogP contribution in [0.5, 0.6) is 0 Å². The van der Waals surface area contributed by atoms with E-state index in [2.05, 4.69) is 9.97 Å². The molecular weight excluding hydrogens is 244 g/mol. The summed E-state index contributed by atoms with van der Waals surface area (Å²) in [6, 6.07) is 9.40. The molecule has 0 unspecified atom stereocenters. The molecule has 0 radical (unpaired) electrons. The lowest BCUT2D eigenvalue weighted by Gasteiger charge is -2.02. The average molecular weight is 258 g/mol. The first kappa shape index (κ1) is 12.8. The van der Waals surface area contributed by atoms with Crippen LogP contribution in [-0.4, -0.2) is 15.1 Å². The highest BCUT2D eigenvalue weighted by Gasteiger charge is 2.10. The van der Waals surface area contributed by atoms with Gasteiger partial charge in [0, 0.05) is 17.0 Å².